The predicted octanol–water partition coefficient (Wildman–Crippen LogP) is 1.48. The van der Waals surface area contributed by atoms with Crippen LogP contribution in [0, 0.1) is 0 Å². The SMILES string of the molecule is N/N=C(\N)c1csc2ccccc12. The first kappa shape index (κ1) is 8.07. The molecule has 2 aromatic rings. The molecule has 13 heavy (non-hydrogen) atoms. The van der Waals surface area contributed by atoms with Crippen LogP contribution < -0.4 is 11.6 Å². The number of hydrogen-bond donors (Lipinski definition) is 2. The van der Waals surface area contributed by atoms with Crippen LogP contribution in [-0.4, -0.2) is 5.84 Å². The van der Waals surface area contributed by atoms with Gasteiger partial charge in [0.2, 0.25) is 0 Å². The summed E-state index contributed by atoms with van der Waals surface area (Å²) >= 11 is 1.64. The highest BCUT2D eigenvalue weighted by molar-refractivity contribution is 7.17. The third kappa shape index (κ3) is 1.25. The van der Waals surface area contributed by atoms with Crippen molar-refractivity contribution in [3.63, 3.8) is 0 Å². The highest BCUT2D eigenvalue weighted by Crippen LogP contribution is 2.24. The van der Waals surface area contributed by atoms with Crippen LogP contribution in [0.15, 0.2) is 34.7 Å². The number of amidine groups is 1. The van der Waals surface area contributed by atoms with Crippen LogP contribution in [0.1, 0.15) is 5.56 Å². The second kappa shape index (κ2) is 3.06. The average Bonchev–Trinajstić information content (AvgIpc) is 2.60. The van der Waals surface area contributed by atoms with Crippen molar-refractivity contribution in [2.45, 2.75) is 0 Å². The fourth-order valence-corrected chi connectivity index (χ4v) is 2.20. The molecular weight excluding hydrogens is 182 g/mol. The molecule has 4 N–H and O–H groups in total. The lowest BCUT2D eigenvalue weighted by Crippen LogP contribution is -2.14. The molecule has 0 aliphatic carbocycles. The number of thiophene rings is 1. The standard InChI is InChI=1S/C9H9N3S/c10-9(12-11)7-5-13-8-4-2-1-3-6(7)8/h1-5H,11H2,(H2,10,12). The summed E-state index contributed by atoms with van der Waals surface area (Å²) in [5.74, 6) is 5.51. The van der Waals surface area contributed by atoms with Crippen LogP contribution in [-0.2, 0) is 0 Å². The van der Waals surface area contributed by atoms with Gasteiger partial charge in [-0.15, -0.1) is 11.3 Å². The molecule has 0 saturated heterocycles. The molecule has 0 aliphatic rings. The zero-order valence-corrected chi connectivity index (χ0v) is 7.71. The van der Waals surface area contributed by atoms with E-state index in [1.807, 2.05) is 29.6 Å². The average molecular weight is 191 g/mol. The molecular formula is C9H9N3S. The Balaban J connectivity index is 2.71. The van der Waals surface area contributed by atoms with E-state index in [1.165, 1.54) is 4.70 Å². The van der Waals surface area contributed by atoms with Crippen molar-refractivity contribution in [2.75, 3.05) is 0 Å². The van der Waals surface area contributed by atoms with Gasteiger partial charge < -0.3 is 11.6 Å². The molecule has 0 fully saturated rings. The van der Waals surface area contributed by atoms with Gasteiger partial charge in [-0.3, -0.25) is 0 Å². The van der Waals surface area contributed by atoms with Gasteiger partial charge in [0.15, 0.2) is 5.84 Å². The van der Waals surface area contributed by atoms with E-state index in [-0.39, 0.29) is 0 Å². The topological polar surface area (TPSA) is 64.4 Å². The molecule has 0 amide bonds. The van der Waals surface area contributed by atoms with Crippen molar-refractivity contribution in [3.8, 4) is 0 Å². The molecule has 0 unspecified atom stereocenters. The van der Waals surface area contributed by atoms with Gasteiger partial charge in [-0.2, -0.15) is 5.10 Å². The molecule has 4 heteroatoms. The molecule has 0 aliphatic heterocycles. The maximum absolute atomic E-state index is 5.64. The minimum absolute atomic E-state index is 0.387. The summed E-state index contributed by atoms with van der Waals surface area (Å²) in [6, 6.07) is 8.03. The van der Waals surface area contributed by atoms with Gasteiger partial charge in [0.05, 0.1) is 0 Å². The first-order valence-corrected chi connectivity index (χ1v) is 4.71. The Morgan fingerprint density at radius 2 is 2.08 bits per heavy atom. The zero-order chi connectivity index (χ0) is 9.26. The molecule has 1 heterocycles. The molecule has 0 spiro atoms. The van der Waals surface area contributed by atoms with E-state index < -0.39 is 0 Å². The van der Waals surface area contributed by atoms with E-state index in [2.05, 4.69) is 5.10 Å². The minimum Gasteiger partial charge on any atom is -0.382 e. The summed E-state index contributed by atoms with van der Waals surface area (Å²) in [6.45, 7) is 0. The zero-order valence-electron chi connectivity index (χ0n) is 6.90. The Labute approximate surface area is 79.7 Å². The van der Waals surface area contributed by atoms with Gasteiger partial charge >= 0.3 is 0 Å². The van der Waals surface area contributed by atoms with E-state index in [0.717, 1.165) is 10.9 Å². The quantitative estimate of drug-likeness (QED) is 0.310. The lowest BCUT2D eigenvalue weighted by atomic mass is 10.2. The molecule has 0 bridgehead atoms. The van der Waals surface area contributed by atoms with Crippen molar-refractivity contribution < 1.29 is 0 Å². The second-order valence-corrected chi connectivity index (χ2v) is 3.57. The van der Waals surface area contributed by atoms with Gasteiger partial charge in [-0.25, -0.2) is 0 Å². The number of hydrogen-bond acceptors (Lipinski definition) is 3. The molecule has 0 saturated carbocycles. The highest BCUT2D eigenvalue weighted by Gasteiger charge is 2.05. The number of rotatable bonds is 1. The maximum atomic E-state index is 5.64. The van der Waals surface area contributed by atoms with E-state index in [0.29, 0.717) is 5.84 Å². The van der Waals surface area contributed by atoms with Crippen molar-refractivity contribution in [1.29, 1.82) is 0 Å². The number of benzene rings is 1. The van der Waals surface area contributed by atoms with Crippen LogP contribution in [0.2, 0.25) is 0 Å². The Kier molecular flexibility index (Phi) is 1.90. The number of hydrazone groups is 1. The number of nitrogens with zero attached hydrogens (tertiary/aromatic N) is 1. The largest absolute Gasteiger partial charge is 0.382 e. The Hall–Kier alpha value is -1.55. The summed E-state index contributed by atoms with van der Waals surface area (Å²) in [5.41, 5.74) is 6.56. The first-order valence-electron chi connectivity index (χ1n) is 3.83. The molecule has 2 rings (SSSR count). The van der Waals surface area contributed by atoms with Gasteiger partial charge in [0, 0.05) is 21.0 Å². The third-order valence-electron chi connectivity index (χ3n) is 1.90. The number of nitrogens with two attached hydrogens (primary N) is 2. The van der Waals surface area contributed by atoms with Gasteiger partial charge in [-0.1, -0.05) is 18.2 Å². The first-order chi connectivity index (χ1) is 6.33. The summed E-state index contributed by atoms with van der Waals surface area (Å²) < 4.78 is 1.20. The van der Waals surface area contributed by atoms with Crippen LogP contribution in [0.4, 0.5) is 0 Å². The lowest BCUT2D eigenvalue weighted by molar-refractivity contribution is 1.23. The Bertz CT molecular complexity index is 459. The minimum atomic E-state index is 0.387. The van der Waals surface area contributed by atoms with Gasteiger partial charge in [-0.05, 0) is 6.07 Å². The second-order valence-electron chi connectivity index (χ2n) is 2.66. The molecule has 1 aromatic carbocycles. The maximum Gasteiger partial charge on any atom is 0.151 e. The normalized spacial score (nSPS) is 12.2. The van der Waals surface area contributed by atoms with E-state index in [1.54, 1.807) is 11.3 Å². The molecule has 0 radical (unpaired) electrons. The predicted molar refractivity (Wildman–Crippen MR) is 56.7 cm³/mol. The Morgan fingerprint density at radius 1 is 1.31 bits per heavy atom. The monoisotopic (exact) mass is 191 g/mol. The van der Waals surface area contributed by atoms with Crippen LogP contribution in [0.5, 0.6) is 0 Å². The Morgan fingerprint density at radius 3 is 2.85 bits per heavy atom. The van der Waals surface area contributed by atoms with Gasteiger partial charge in [0.25, 0.3) is 0 Å². The van der Waals surface area contributed by atoms with Crippen molar-refractivity contribution in [2.24, 2.45) is 16.7 Å². The summed E-state index contributed by atoms with van der Waals surface area (Å²) in [4.78, 5) is 0. The van der Waals surface area contributed by atoms with Crippen LogP contribution >= 0.6 is 11.3 Å². The van der Waals surface area contributed by atoms with E-state index >= 15 is 0 Å². The van der Waals surface area contributed by atoms with Crippen molar-refractivity contribution in [1.82, 2.24) is 0 Å². The lowest BCUT2D eigenvalue weighted by Gasteiger charge is -1.95. The summed E-state index contributed by atoms with van der Waals surface area (Å²) in [6.07, 6.45) is 0. The number of fused-ring (bicyclic) bond motifs is 1. The van der Waals surface area contributed by atoms with Gasteiger partial charge in [0.1, 0.15) is 0 Å². The molecule has 1 aromatic heterocycles. The van der Waals surface area contributed by atoms with E-state index in [4.69, 9.17) is 11.6 Å². The van der Waals surface area contributed by atoms with Crippen LogP contribution in [0.3, 0.4) is 0 Å². The fourth-order valence-electron chi connectivity index (χ4n) is 1.25. The molecule has 0 atom stereocenters. The molecule has 3 nitrogen and oxygen atoms in total. The summed E-state index contributed by atoms with van der Waals surface area (Å²) in [5, 5.41) is 6.56. The summed E-state index contributed by atoms with van der Waals surface area (Å²) in [7, 11) is 0. The van der Waals surface area contributed by atoms with E-state index in [9.17, 15) is 0 Å². The van der Waals surface area contributed by atoms with Crippen LogP contribution in [0.25, 0.3) is 10.1 Å². The fraction of sp³-hybridized carbons (Fsp3) is 0. The van der Waals surface area contributed by atoms with Crippen molar-refractivity contribution >= 4 is 27.3 Å². The molecule has 66 valence electrons. The third-order valence-corrected chi connectivity index (χ3v) is 2.86. The highest BCUT2D eigenvalue weighted by atomic mass is 32.1. The van der Waals surface area contributed by atoms with Crippen molar-refractivity contribution in [3.05, 3.63) is 35.2 Å². The smallest absolute Gasteiger partial charge is 0.151 e.